The molecule has 0 saturated heterocycles. The first-order valence-electron chi connectivity index (χ1n) is 18.7. The molecule has 0 N–H and O–H groups in total. The lowest BCUT2D eigenvalue weighted by molar-refractivity contribution is 0.666. The van der Waals surface area contributed by atoms with E-state index in [0.717, 1.165) is 49.7 Å². The molecule has 13 aromatic rings. The van der Waals surface area contributed by atoms with Crippen LogP contribution in [0.15, 0.2) is 174 Å². The summed E-state index contributed by atoms with van der Waals surface area (Å²) in [6.07, 6.45) is 0. The number of para-hydroxylation sites is 3. The minimum atomic E-state index is 0.610. The molecular formula is C50H28N4O. The van der Waals surface area contributed by atoms with Crippen molar-refractivity contribution in [2.45, 2.75) is 0 Å². The van der Waals surface area contributed by atoms with Crippen LogP contribution in [0.25, 0.3) is 121 Å². The van der Waals surface area contributed by atoms with E-state index in [0.29, 0.717) is 11.5 Å². The first-order valence-corrected chi connectivity index (χ1v) is 18.7. The van der Waals surface area contributed by atoms with Gasteiger partial charge in [0, 0.05) is 48.7 Å². The second kappa shape index (κ2) is 10.6. The number of fused-ring (bicyclic) bond motifs is 15. The van der Waals surface area contributed by atoms with Crippen molar-refractivity contribution in [2.24, 2.45) is 0 Å². The zero-order valence-corrected chi connectivity index (χ0v) is 29.4. The Morgan fingerprint density at radius 2 is 1.05 bits per heavy atom. The quantitative estimate of drug-likeness (QED) is 0.184. The molecule has 0 saturated carbocycles. The Morgan fingerprint density at radius 1 is 0.400 bits per heavy atom. The van der Waals surface area contributed by atoms with Crippen molar-refractivity contribution >= 4 is 92.7 Å². The smallest absolute Gasteiger partial charge is 0.236 e. The van der Waals surface area contributed by atoms with Gasteiger partial charge in [0.05, 0.1) is 27.6 Å². The average molecular weight is 701 g/mol. The largest absolute Gasteiger partial charge is 0.452 e. The van der Waals surface area contributed by atoms with Crippen molar-refractivity contribution in [3.05, 3.63) is 170 Å². The molecule has 8 aromatic carbocycles. The van der Waals surface area contributed by atoms with Crippen LogP contribution < -0.4 is 0 Å². The van der Waals surface area contributed by atoms with Crippen molar-refractivity contribution in [1.29, 1.82) is 0 Å². The summed E-state index contributed by atoms with van der Waals surface area (Å²) in [6, 6.07) is 60.5. The Hall–Kier alpha value is -7.50. The Kier molecular flexibility index (Phi) is 5.57. The van der Waals surface area contributed by atoms with E-state index in [-0.39, 0.29) is 0 Å². The highest BCUT2D eigenvalue weighted by Gasteiger charge is 2.26. The van der Waals surface area contributed by atoms with Crippen LogP contribution in [0.5, 0.6) is 0 Å². The molecule has 0 aliphatic rings. The lowest BCUT2D eigenvalue weighted by atomic mass is 10.0. The van der Waals surface area contributed by atoms with Crippen LogP contribution in [0, 0.1) is 0 Å². The Bertz CT molecular complexity index is 3700. The molecular weight excluding hydrogens is 673 g/mol. The third kappa shape index (κ3) is 3.81. The highest BCUT2D eigenvalue weighted by Crippen LogP contribution is 2.46. The fourth-order valence-corrected chi connectivity index (χ4v) is 9.32. The number of rotatable bonds is 3. The SMILES string of the molecule is c1ccc(-c2ccc(-c3nc(-n4c5ccc6c(c7cccc8c9ccccc9n6c87)c5c5ccc6ccccc6c54)nc4c3oc3ccccc34)cc2)cc1. The second-order valence-corrected chi connectivity index (χ2v) is 14.5. The minimum absolute atomic E-state index is 0.610. The van der Waals surface area contributed by atoms with Gasteiger partial charge in [0.1, 0.15) is 16.8 Å². The molecule has 0 aliphatic heterocycles. The number of furan rings is 1. The molecule has 0 bridgehead atoms. The summed E-state index contributed by atoms with van der Waals surface area (Å²) in [6.45, 7) is 0. The van der Waals surface area contributed by atoms with Crippen LogP contribution in [0.4, 0.5) is 0 Å². The molecule has 0 fully saturated rings. The fourth-order valence-electron chi connectivity index (χ4n) is 9.32. The molecule has 5 aromatic heterocycles. The van der Waals surface area contributed by atoms with Crippen LogP contribution in [0.3, 0.4) is 0 Å². The van der Waals surface area contributed by atoms with Crippen molar-refractivity contribution in [3.63, 3.8) is 0 Å². The molecule has 0 aliphatic carbocycles. The van der Waals surface area contributed by atoms with Gasteiger partial charge in [0.2, 0.25) is 5.95 Å². The molecule has 254 valence electrons. The van der Waals surface area contributed by atoms with E-state index in [9.17, 15) is 0 Å². The Balaban J connectivity index is 1.18. The first-order chi connectivity index (χ1) is 27.3. The minimum Gasteiger partial charge on any atom is -0.452 e. The summed E-state index contributed by atoms with van der Waals surface area (Å²) in [5.74, 6) is 0.610. The molecule has 0 atom stereocenters. The van der Waals surface area contributed by atoms with Crippen LogP contribution >= 0.6 is 0 Å². The average Bonchev–Trinajstić information content (AvgIpc) is 3.99. The molecule has 5 nitrogen and oxygen atoms in total. The van der Waals surface area contributed by atoms with Gasteiger partial charge < -0.3 is 8.82 Å². The second-order valence-electron chi connectivity index (χ2n) is 14.5. The zero-order valence-electron chi connectivity index (χ0n) is 29.4. The number of hydrogen-bond donors (Lipinski definition) is 0. The van der Waals surface area contributed by atoms with E-state index in [1.54, 1.807) is 0 Å². The van der Waals surface area contributed by atoms with Gasteiger partial charge in [0.25, 0.3) is 0 Å². The predicted octanol–water partition coefficient (Wildman–Crippen LogP) is 13.1. The van der Waals surface area contributed by atoms with Gasteiger partial charge in [-0.2, -0.15) is 0 Å². The highest BCUT2D eigenvalue weighted by atomic mass is 16.3. The van der Waals surface area contributed by atoms with E-state index in [1.807, 2.05) is 24.3 Å². The topological polar surface area (TPSA) is 48.3 Å². The summed E-state index contributed by atoms with van der Waals surface area (Å²) in [4.78, 5) is 10.9. The van der Waals surface area contributed by atoms with Crippen molar-refractivity contribution < 1.29 is 4.42 Å². The summed E-state index contributed by atoms with van der Waals surface area (Å²) in [5.41, 5.74) is 12.2. The monoisotopic (exact) mass is 700 g/mol. The maximum absolute atomic E-state index is 6.59. The summed E-state index contributed by atoms with van der Waals surface area (Å²) >= 11 is 0. The third-order valence-corrected chi connectivity index (χ3v) is 11.7. The maximum Gasteiger partial charge on any atom is 0.236 e. The number of nitrogens with zero attached hydrogens (tertiary/aromatic N) is 4. The van der Waals surface area contributed by atoms with Gasteiger partial charge in [-0.05, 0) is 46.8 Å². The predicted molar refractivity (Wildman–Crippen MR) is 227 cm³/mol. The molecule has 55 heavy (non-hydrogen) atoms. The molecule has 0 radical (unpaired) electrons. The van der Waals surface area contributed by atoms with Crippen LogP contribution in [0.1, 0.15) is 0 Å². The lowest BCUT2D eigenvalue weighted by Crippen LogP contribution is -2.03. The standard InChI is InChI=1S/C50H28N4O/c1-2-11-29(12-3-1)30-21-23-32(24-22-30)45-49-46(36-16-7-9-20-42(36)55-49)52-50(51-45)54-41-28-27-40-43(44(41)38-26-25-31-13-4-5-14-33(31)47(38)54)37-18-10-17-35-34-15-6-8-19-39(34)53(40)48(35)37/h1-28H. The molecule has 5 heterocycles. The van der Waals surface area contributed by atoms with Gasteiger partial charge in [-0.3, -0.25) is 4.57 Å². The van der Waals surface area contributed by atoms with Crippen molar-refractivity contribution in [3.8, 4) is 28.3 Å². The highest BCUT2D eigenvalue weighted by molar-refractivity contribution is 6.34. The van der Waals surface area contributed by atoms with Gasteiger partial charge >= 0.3 is 0 Å². The van der Waals surface area contributed by atoms with Crippen LogP contribution in [0.2, 0.25) is 0 Å². The first kappa shape index (κ1) is 29.0. The number of hydrogen-bond acceptors (Lipinski definition) is 3. The van der Waals surface area contributed by atoms with Crippen LogP contribution in [-0.4, -0.2) is 18.9 Å². The van der Waals surface area contributed by atoms with E-state index in [2.05, 4.69) is 155 Å². The molecule has 13 rings (SSSR count). The van der Waals surface area contributed by atoms with E-state index >= 15 is 0 Å². The van der Waals surface area contributed by atoms with E-state index in [1.165, 1.54) is 59.8 Å². The molecule has 0 unspecified atom stereocenters. The molecule has 5 heteroatoms. The van der Waals surface area contributed by atoms with E-state index in [4.69, 9.17) is 14.4 Å². The van der Waals surface area contributed by atoms with Crippen molar-refractivity contribution in [2.75, 3.05) is 0 Å². The Labute approximate surface area is 313 Å². The maximum atomic E-state index is 6.59. The third-order valence-electron chi connectivity index (χ3n) is 11.7. The van der Waals surface area contributed by atoms with Gasteiger partial charge in [-0.15, -0.1) is 0 Å². The summed E-state index contributed by atoms with van der Waals surface area (Å²) in [7, 11) is 0. The van der Waals surface area contributed by atoms with Crippen molar-refractivity contribution in [1.82, 2.24) is 18.9 Å². The zero-order chi connectivity index (χ0) is 35.8. The number of aromatic nitrogens is 4. The lowest BCUT2D eigenvalue weighted by Gasteiger charge is -2.11. The normalized spacial score (nSPS) is 12.4. The van der Waals surface area contributed by atoms with Gasteiger partial charge in [0.15, 0.2) is 5.58 Å². The Morgan fingerprint density at radius 3 is 1.95 bits per heavy atom. The van der Waals surface area contributed by atoms with Gasteiger partial charge in [-0.25, -0.2) is 9.97 Å². The van der Waals surface area contributed by atoms with Gasteiger partial charge in [-0.1, -0.05) is 140 Å². The summed E-state index contributed by atoms with van der Waals surface area (Å²) in [5, 5.41) is 10.7. The number of benzene rings is 8. The van der Waals surface area contributed by atoms with E-state index < -0.39 is 0 Å². The molecule has 0 amide bonds. The molecule has 0 spiro atoms. The summed E-state index contributed by atoms with van der Waals surface area (Å²) < 4.78 is 11.3. The van der Waals surface area contributed by atoms with Crippen LogP contribution in [-0.2, 0) is 0 Å². The fraction of sp³-hybridized carbons (Fsp3) is 0.